The molecule has 0 saturated heterocycles. The molecule has 0 aliphatic rings. The average Bonchev–Trinajstić information content (AvgIpc) is 2.81. The molecule has 4 rings (SSSR count). The Balaban J connectivity index is 2.05. The average molecular weight is 499 g/mol. The summed E-state index contributed by atoms with van der Waals surface area (Å²) in [5.74, 6) is -0.0929. The highest BCUT2D eigenvalue weighted by Crippen LogP contribution is 2.33. The lowest BCUT2D eigenvalue weighted by atomic mass is 10.2. The summed E-state index contributed by atoms with van der Waals surface area (Å²) >= 11 is 17.9. The quantitative estimate of drug-likeness (QED) is 0.242. The summed E-state index contributed by atoms with van der Waals surface area (Å²) in [6, 6.07) is 20.2. The van der Waals surface area contributed by atoms with Gasteiger partial charge in [-0.15, -0.1) is 5.11 Å². The Hall–Kier alpha value is -3.46. The van der Waals surface area contributed by atoms with Crippen LogP contribution in [0.1, 0.15) is 0 Å². The standard InChI is InChI=1S/C23H16Cl2N4O3S/c1-32-19-9-5-4-8-18(19)29-22(31)20(27-26-15-12-10-14(24)11-13-15)21(30)28(23(29)33)17-7-3-2-6-16(17)25/h2-13,30H,1H3. The van der Waals surface area contributed by atoms with Crippen LogP contribution >= 0.6 is 35.4 Å². The fourth-order valence-corrected chi connectivity index (χ4v) is 3.88. The number of ether oxygens (including phenoxy) is 1. The lowest BCUT2D eigenvalue weighted by Gasteiger charge is -2.18. The van der Waals surface area contributed by atoms with Crippen molar-refractivity contribution in [2.45, 2.75) is 0 Å². The number of aromatic nitrogens is 2. The van der Waals surface area contributed by atoms with Gasteiger partial charge in [0.05, 0.1) is 29.2 Å². The van der Waals surface area contributed by atoms with Gasteiger partial charge in [-0.05, 0) is 60.7 Å². The molecule has 1 heterocycles. The zero-order chi connectivity index (χ0) is 23.5. The van der Waals surface area contributed by atoms with Crippen LogP contribution in [0.4, 0.5) is 11.4 Å². The van der Waals surface area contributed by atoms with Crippen LogP contribution in [0.15, 0.2) is 87.8 Å². The number of rotatable bonds is 5. The molecule has 0 bridgehead atoms. The number of aromatic hydroxyl groups is 1. The first-order valence-electron chi connectivity index (χ1n) is 9.59. The number of methoxy groups -OCH3 is 1. The first-order chi connectivity index (χ1) is 15.9. The predicted molar refractivity (Wildman–Crippen MR) is 131 cm³/mol. The molecule has 33 heavy (non-hydrogen) atoms. The summed E-state index contributed by atoms with van der Waals surface area (Å²) in [5, 5.41) is 20.0. The molecule has 4 aromatic rings. The SMILES string of the molecule is COc1ccccc1-n1c(=O)c(N=Nc2ccc(Cl)cc2)c(O)n(-c2ccccc2Cl)c1=S. The van der Waals surface area contributed by atoms with Gasteiger partial charge in [-0.3, -0.25) is 9.36 Å². The van der Waals surface area contributed by atoms with Crippen LogP contribution < -0.4 is 10.3 Å². The van der Waals surface area contributed by atoms with Gasteiger partial charge in [0, 0.05) is 5.02 Å². The number of para-hydroxylation sites is 3. The van der Waals surface area contributed by atoms with E-state index in [2.05, 4.69) is 10.2 Å². The number of azo groups is 1. The Morgan fingerprint density at radius 2 is 1.52 bits per heavy atom. The van der Waals surface area contributed by atoms with Gasteiger partial charge in [-0.2, -0.15) is 5.11 Å². The van der Waals surface area contributed by atoms with Crippen LogP contribution in [0.3, 0.4) is 0 Å². The summed E-state index contributed by atoms with van der Waals surface area (Å²) < 4.78 is 7.87. The Kier molecular flexibility index (Phi) is 6.60. The molecule has 10 heteroatoms. The molecule has 1 N–H and O–H groups in total. The molecule has 0 saturated carbocycles. The summed E-state index contributed by atoms with van der Waals surface area (Å²) in [7, 11) is 1.48. The minimum absolute atomic E-state index is 0.0273. The monoisotopic (exact) mass is 498 g/mol. The number of benzene rings is 3. The highest BCUT2D eigenvalue weighted by Gasteiger charge is 2.22. The molecule has 7 nitrogen and oxygen atoms in total. The summed E-state index contributed by atoms with van der Waals surface area (Å²) in [6.45, 7) is 0. The number of halogens is 2. The molecule has 0 aliphatic carbocycles. The van der Waals surface area contributed by atoms with E-state index in [1.54, 1.807) is 72.8 Å². The molecule has 0 amide bonds. The normalized spacial score (nSPS) is 11.1. The predicted octanol–water partition coefficient (Wildman–Crippen LogP) is 6.79. The smallest absolute Gasteiger partial charge is 0.290 e. The van der Waals surface area contributed by atoms with Gasteiger partial charge in [0.15, 0.2) is 4.77 Å². The van der Waals surface area contributed by atoms with Crippen LogP contribution in [-0.4, -0.2) is 21.4 Å². The van der Waals surface area contributed by atoms with Gasteiger partial charge in [0.25, 0.3) is 5.56 Å². The Morgan fingerprint density at radius 1 is 0.879 bits per heavy atom. The molecule has 0 fully saturated rings. The largest absolute Gasteiger partial charge is 0.495 e. The van der Waals surface area contributed by atoms with Crippen molar-refractivity contribution in [2.75, 3.05) is 7.11 Å². The van der Waals surface area contributed by atoms with Crippen molar-refractivity contribution in [3.05, 3.63) is 98.0 Å². The Bertz CT molecular complexity index is 1480. The van der Waals surface area contributed by atoms with Gasteiger partial charge in [0.1, 0.15) is 5.75 Å². The van der Waals surface area contributed by atoms with Crippen LogP contribution in [0.2, 0.25) is 10.0 Å². The third-order valence-electron chi connectivity index (χ3n) is 4.72. The molecule has 0 unspecified atom stereocenters. The number of nitrogens with zero attached hydrogens (tertiary/aromatic N) is 4. The van der Waals surface area contributed by atoms with E-state index < -0.39 is 11.4 Å². The summed E-state index contributed by atoms with van der Waals surface area (Å²) in [4.78, 5) is 13.5. The molecule has 0 radical (unpaired) electrons. The van der Waals surface area contributed by atoms with Crippen LogP contribution in [0.5, 0.6) is 11.6 Å². The molecule has 3 aromatic carbocycles. The molecule has 0 aliphatic heterocycles. The first kappa shape index (κ1) is 22.7. The van der Waals surface area contributed by atoms with Crippen molar-refractivity contribution >= 4 is 46.8 Å². The minimum Gasteiger partial charge on any atom is -0.495 e. The molecule has 1 aromatic heterocycles. The first-order valence-corrected chi connectivity index (χ1v) is 10.8. The maximum atomic E-state index is 13.5. The topological polar surface area (TPSA) is 81.1 Å². The van der Waals surface area contributed by atoms with Crippen molar-refractivity contribution in [3.8, 4) is 23.0 Å². The highest BCUT2D eigenvalue weighted by molar-refractivity contribution is 7.71. The molecule has 0 spiro atoms. The van der Waals surface area contributed by atoms with Crippen molar-refractivity contribution in [2.24, 2.45) is 10.2 Å². The number of hydrogen-bond acceptors (Lipinski definition) is 6. The zero-order valence-corrected chi connectivity index (χ0v) is 19.5. The van der Waals surface area contributed by atoms with Gasteiger partial charge < -0.3 is 9.84 Å². The van der Waals surface area contributed by atoms with Crippen molar-refractivity contribution in [1.29, 1.82) is 0 Å². The molecular formula is C23H16Cl2N4O3S. The highest BCUT2D eigenvalue weighted by atomic mass is 35.5. The van der Waals surface area contributed by atoms with Gasteiger partial charge in [-0.1, -0.05) is 47.5 Å². The molecule has 166 valence electrons. The van der Waals surface area contributed by atoms with E-state index in [1.807, 2.05) is 0 Å². The fourth-order valence-electron chi connectivity index (χ4n) is 3.17. The maximum absolute atomic E-state index is 13.5. The van der Waals surface area contributed by atoms with Gasteiger partial charge in [0.2, 0.25) is 11.6 Å². The van der Waals surface area contributed by atoms with E-state index in [4.69, 9.17) is 40.2 Å². The van der Waals surface area contributed by atoms with Crippen molar-refractivity contribution in [1.82, 2.24) is 9.13 Å². The molecule has 0 atom stereocenters. The number of hydrogen-bond donors (Lipinski definition) is 1. The lowest BCUT2D eigenvalue weighted by molar-refractivity contribution is 0.410. The Labute approximate surface area is 203 Å². The van der Waals surface area contributed by atoms with E-state index in [1.165, 1.54) is 16.2 Å². The maximum Gasteiger partial charge on any atom is 0.290 e. The van der Waals surface area contributed by atoms with Gasteiger partial charge >= 0.3 is 0 Å². The third kappa shape index (κ3) is 4.41. The third-order valence-corrected chi connectivity index (χ3v) is 5.66. The second kappa shape index (κ2) is 9.58. The minimum atomic E-state index is -0.678. The van der Waals surface area contributed by atoms with E-state index in [0.29, 0.717) is 32.9 Å². The second-order valence-electron chi connectivity index (χ2n) is 6.73. The van der Waals surface area contributed by atoms with Crippen LogP contribution in [0, 0.1) is 4.77 Å². The van der Waals surface area contributed by atoms with E-state index in [0.717, 1.165) is 0 Å². The second-order valence-corrected chi connectivity index (χ2v) is 7.94. The van der Waals surface area contributed by atoms with Crippen molar-refractivity contribution < 1.29 is 9.84 Å². The van der Waals surface area contributed by atoms with Crippen LogP contribution in [0.25, 0.3) is 11.4 Å². The van der Waals surface area contributed by atoms with Crippen molar-refractivity contribution in [3.63, 3.8) is 0 Å². The molecular weight excluding hydrogens is 483 g/mol. The van der Waals surface area contributed by atoms with E-state index >= 15 is 0 Å². The zero-order valence-electron chi connectivity index (χ0n) is 17.1. The fraction of sp³-hybridized carbons (Fsp3) is 0.0435. The lowest BCUT2D eigenvalue weighted by Crippen LogP contribution is -2.23. The van der Waals surface area contributed by atoms with Gasteiger partial charge in [-0.25, -0.2) is 4.57 Å². The van der Waals surface area contributed by atoms with Crippen LogP contribution in [-0.2, 0) is 0 Å². The van der Waals surface area contributed by atoms with E-state index in [9.17, 15) is 9.90 Å². The summed E-state index contributed by atoms with van der Waals surface area (Å²) in [5.41, 5.74) is 0.174. The Morgan fingerprint density at radius 3 is 2.18 bits per heavy atom. The summed E-state index contributed by atoms with van der Waals surface area (Å²) in [6.07, 6.45) is 0. The van der Waals surface area contributed by atoms with E-state index in [-0.39, 0.29) is 10.5 Å².